The normalized spacial score (nSPS) is 28.3. The summed E-state index contributed by atoms with van der Waals surface area (Å²) in [5, 5.41) is 14.5. The van der Waals surface area contributed by atoms with Gasteiger partial charge < -0.3 is 10.4 Å². The maximum atomic E-state index is 11.4. The van der Waals surface area contributed by atoms with Gasteiger partial charge in [0, 0.05) is 11.4 Å². The molecule has 90 valence electrons. The van der Waals surface area contributed by atoms with Crippen molar-refractivity contribution in [1.82, 2.24) is 5.32 Å². The van der Waals surface area contributed by atoms with E-state index in [1.807, 2.05) is 17.5 Å². The first kappa shape index (κ1) is 12.0. The molecule has 4 nitrogen and oxygen atoms in total. The Morgan fingerprint density at radius 3 is 2.88 bits per heavy atom. The van der Waals surface area contributed by atoms with Gasteiger partial charge in [-0.25, -0.2) is 8.42 Å². The second kappa shape index (κ2) is 4.44. The van der Waals surface area contributed by atoms with Crippen LogP contribution in [-0.2, 0) is 16.4 Å². The minimum atomic E-state index is -2.98. The smallest absolute Gasteiger partial charge is 0.152 e. The lowest BCUT2D eigenvalue weighted by Gasteiger charge is -2.26. The molecule has 0 saturated carbocycles. The van der Waals surface area contributed by atoms with E-state index in [9.17, 15) is 13.5 Å². The lowest BCUT2D eigenvalue weighted by atomic mass is 10.0. The van der Waals surface area contributed by atoms with E-state index in [0.29, 0.717) is 13.0 Å². The molecule has 2 rings (SSSR count). The lowest BCUT2D eigenvalue weighted by molar-refractivity contribution is 0.178. The molecule has 1 aliphatic heterocycles. The Morgan fingerprint density at radius 1 is 1.56 bits per heavy atom. The minimum absolute atomic E-state index is 0.0435. The number of aliphatic hydroxyl groups excluding tert-OH is 1. The predicted molar refractivity (Wildman–Crippen MR) is 64.2 cm³/mol. The van der Waals surface area contributed by atoms with Crippen molar-refractivity contribution in [1.29, 1.82) is 0 Å². The highest BCUT2D eigenvalue weighted by molar-refractivity contribution is 7.91. The van der Waals surface area contributed by atoms with Crippen molar-refractivity contribution in [3.05, 3.63) is 22.4 Å². The Balaban J connectivity index is 2.01. The van der Waals surface area contributed by atoms with Gasteiger partial charge in [-0.1, -0.05) is 6.07 Å². The second-order valence-electron chi connectivity index (χ2n) is 4.21. The van der Waals surface area contributed by atoms with Crippen molar-refractivity contribution in [2.45, 2.75) is 18.5 Å². The Morgan fingerprint density at radius 2 is 2.38 bits per heavy atom. The van der Waals surface area contributed by atoms with Crippen molar-refractivity contribution in [2.75, 3.05) is 18.1 Å². The Kier molecular flexibility index (Phi) is 3.34. The fourth-order valence-electron chi connectivity index (χ4n) is 1.92. The van der Waals surface area contributed by atoms with E-state index >= 15 is 0 Å². The fourth-order valence-corrected chi connectivity index (χ4v) is 4.59. The number of sulfone groups is 1. The molecule has 0 radical (unpaired) electrons. The van der Waals surface area contributed by atoms with Gasteiger partial charge >= 0.3 is 0 Å². The molecule has 1 fully saturated rings. The van der Waals surface area contributed by atoms with Crippen molar-refractivity contribution < 1.29 is 13.5 Å². The van der Waals surface area contributed by atoms with Crippen molar-refractivity contribution in [2.24, 2.45) is 0 Å². The van der Waals surface area contributed by atoms with E-state index < -0.39 is 15.4 Å². The summed E-state index contributed by atoms with van der Waals surface area (Å²) in [4.78, 5) is 1.15. The molecule has 6 heteroatoms. The van der Waals surface area contributed by atoms with E-state index in [4.69, 9.17) is 0 Å². The largest absolute Gasteiger partial charge is 0.394 e. The highest BCUT2D eigenvalue weighted by Gasteiger charge is 2.41. The summed E-state index contributed by atoms with van der Waals surface area (Å²) in [6.07, 6.45) is 0.497. The van der Waals surface area contributed by atoms with Crippen LogP contribution in [0.25, 0.3) is 0 Å². The fraction of sp³-hybridized carbons (Fsp3) is 0.600. The molecule has 1 atom stereocenters. The molecule has 2 N–H and O–H groups in total. The molecule has 0 aromatic carbocycles. The van der Waals surface area contributed by atoms with Crippen LogP contribution in [-0.4, -0.2) is 37.2 Å². The van der Waals surface area contributed by atoms with Gasteiger partial charge in [0.1, 0.15) is 0 Å². The highest BCUT2D eigenvalue weighted by atomic mass is 32.2. The summed E-state index contributed by atoms with van der Waals surface area (Å²) < 4.78 is 22.8. The van der Waals surface area contributed by atoms with Crippen LogP contribution < -0.4 is 5.32 Å². The molecule has 0 amide bonds. The number of hydrogen-bond donors (Lipinski definition) is 2. The zero-order valence-corrected chi connectivity index (χ0v) is 10.5. The van der Waals surface area contributed by atoms with Crippen molar-refractivity contribution in [3.8, 4) is 0 Å². The molecular weight excluding hydrogens is 246 g/mol. The molecule has 1 saturated heterocycles. The van der Waals surface area contributed by atoms with Crippen LogP contribution in [0.2, 0.25) is 0 Å². The third kappa shape index (κ3) is 2.63. The zero-order chi connectivity index (χ0) is 11.6. The molecule has 0 spiro atoms. The van der Waals surface area contributed by atoms with Gasteiger partial charge in [0.15, 0.2) is 9.84 Å². The maximum Gasteiger partial charge on any atom is 0.152 e. The quantitative estimate of drug-likeness (QED) is 0.823. The molecule has 1 aromatic rings. The monoisotopic (exact) mass is 261 g/mol. The van der Waals surface area contributed by atoms with Crippen LogP contribution in [0.1, 0.15) is 11.3 Å². The molecular formula is C10H15NO3S2. The summed E-state index contributed by atoms with van der Waals surface area (Å²) in [6, 6.07) is 3.95. The second-order valence-corrected chi connectivity index (χ2v) is 7.43. The first-order valence-corrected chi connectivity index (χ1v) is 7.84. The maximum absolute atomic E-state index is 11.4. The SMILES string of the molecule is O=S1(=O)CCC(CO)(NCc2cccs2)C1. The summed E-state index contributed by atoms with van der Waals surface area (Å²) >= 11 is 1.62. The summed E-state index contributed by atoms with van der Waals surface area (Å²) in [7, 11) is -2.98. The van der Waals surface area contributed by atoms with Gasteiger partial charge in [0.05, 0.1) is 23.7 Å². The minimum Gasteiger partial charge on any atom is -0.394 e. The predicted octanol–water partition coefficient (Wildman–Crippen LogP) is 0.387. The van der Waals surface area contributed by atoms with Gasteiger partial charge in [0.25, 0.3) is 0 Å². The van der Waals surface area contributed by atoms with Crippen molar-refractivity contribution >= 4 is 21.2 Å². The third-order valence-corrected chi connectivity index (χ3v) is 5.60. The summed E-state index contributed by atoms with van der Waals surface area (Å²) in [6.45, 7) is 0.491. The average Bonchev–Trinajstić information content (AvgIpc) is 2.84. The topological polar surface area (TPSA) is 66.4 Å². The molecule has 1 aliphatic rings. The number of thiophene rings is 1. The van der Waals surface area contributed by atoms with Crippen molar-refractivity contribution in [3.63, 3.8) is 0 Å². The van der Waals surface area contributed by atoms with E-state index in [-0.39, 0.29) is 18.1 Å². The number of nitrogens with one attached hydrogen (secondary N) is 1. The number of aliphatic hydroxyl groups is 1. The van der Waals surface area contributed by atoms with E-state index in [1.54, 1.807) is 11.3 Å². The van der Waals surface area contributed by atoms with Gasteiger partial charge in [-0.15, -0.1) is 11.3 Å². The average molecular weight is 261 g/mol. The van der Waals surface area contributed by atoms with Crippen LogP contribution in [0.5, 0.6) is 0 Å². The van der Waals surface area contributed by atoms with Crippen LogP contribution >= 0.6 is 11.3 Å². The number of rotatable bonds is 4. The molecule has 1 unspecified atom stereocenters. The number of hydrogen-bond acceptors (Lipinski definition) is 5. The summed E-state index contributed by atoms with van der Waals surface area (Å²) in [5.74, 6) is 0.215. The molecule has 0 aliphatic carbocycles. The van der Waals surface area contributed by atoms with E-state index in [1.165, 1.54) is 0 Å². The van der Waals surface area contributed by atoms with Gasteiger partial charge in [0.2, 0.25) is 0 Å². The van der Waals surface area contributed by atoms with E-state index in [0.717, 1.165) is 4.88 Å². The Hall–Kier alpha value is -0.430. The molecule has 2 heterocycles. The molecule has 0 bridgehead atoms. The molecule has 16 heavy (non-hydrogen) atoms. The Labute approximate surface area is 99.2 Å². The third-order valence-electron chi connectivity index (χ3n) is 2.91. The first-order chi connectivity index (χ1) is 7.55. The van der Waals surface area contributed by atoms with Crippen LogP contribution in [0.3, 0.4) is 0 Å². The lowest BCUT2D eigenvalue weighted by Crippen LogP contribution is -2.49. The van der Waals surface area contributed by atoms with Crippen LogP contribution in [0.15, 0.2) is 17.5 Å². The van der Waals surface area contributed by atoms with Gasteiger partial charge in [-0.05, 0) is 17.9 Å². The summed E-state index contributed by atoms with van der Waals surface area (Å²) in [5.41, 5.74) is -0.636. The highest BCUT2D eigenvalue weighted by Crippen LogP contribution is 2.24. The molecule has 1 aromatic heterocycles. The zero-order valence-electron chi connectivity index (χ0n) is 8.85. The van der Waals surface area contributed by atoms with Gasteiger partial charge in [-0.3, -0.25) is 0 Å². The van der Waals surface area contributed by atoms with Crippen LogP contribution in [0, 0.1) is 0 Å². The van der Waals surface area contributed by atoms with Gasteiger partial charge in [-0.2, -0.15) is 0 Å². The Bertz CT molecular complexity index is 441. The standard InChI is InChI=1S/C10H15NO3S2/c12-7-10(3-5-16(13,14)8-10)11-6-9-2-1-4-15-9/h1-2,4,11-12H,3,5-8H2. The van der Waals surface area contributed by atoms with E-state index in [2.05, 4.69) is 5.32 Å². The first-order valence-electron chi connectivity index (χ1n) is 5.14. The van der Waals surface area contributed by atoms with Crippen LogP contribution in [0.4, 0.5) is 0 Å².